The lowest BCUT2D eigenvalue weighted by Gasteiger charge is -2.32. The van der Waals surface area contributed by atoms with Gasteiger partial charge in [0, 0.05) is 33.7 Å². The fourth-order valence-corrected chi connectivity index (χ4v) is 4.33. The molecule has 0 bridgehead atoms. The normalized spacial score (nSPS) is 16.4. The quantitative estimate of drug-likeness (QED) is 0.776. The van der Waals surface area contributed by atoms with Crippen LogP contribution in [0.5, 0.6) is 0 Å². The van der Waals surface area contributed by atoms with Gasteiger partial charge in [-0.2, -0.15) is 0 Å². The maximum atomic E-state index is 12.4. The number of piperidine rings is 1. The highest BCUT2D eigenvalue weighted by atomic mass is 79.9. The molecular weight excluding hydrogens is 390 g/mol. The smallest absolute Gasteiger partial charge is 0.236 e. The van der Waals surface area contributed by atoms with Crippen molar-refractivity contribution in [2.45, 2.75) is 39.3 Å². The SMILES string of the molecule is CC(C)NC(=O)C1CCN(CC(=O)N(C)Cc2cc(Br)cs2)CC1. The third-order valence-electron chi connectivity index (χ3n) is 4.19. The second-order valence-corrected chi connectivity index (χ2v) is 8.61. The molecule has 1 aromatic heterocycles. The lowest BCUT2D eigenvalue weighted by atomic mass is 9.95. The van der Waals surface area contributed by atoms with Crippen molar-refractivity contribution in [2.24, 2.45) is 5.92 Å². The zero-order valence-corrected chi connectivity index (χ0v) is 17.0. The summed E-state index contributed by atoms with van der Waals surface area (Å²) in [5, 5.41) is 5.01. The Kier molecular flexibility index (Phi) is 7.25. The number of rotatable bonds is 6. The second kappa shape index (κ2) is 8.97. The van der Waals surface area contributed by atoms with Gasteiger partial charge in [-0.15, -0.1) is 11.3 Å². The van der Waals surface area contributed by atoms with Crippen LogP contribution in [0.1, 0.15) is 31.6 Å². The standard InChI is InChI=1S/C17H26BrN3O2S/c1-12(2)19-17(23)13-4-6-21(7-5-13)10-16(22)20(3)9-15-8-14(18)11-24-15/h8,11-13H,4-7,9-10H2,1-3H3,(H,19,23). The number of hydrogen-bond donors (Lipinski definition) is 1. The Hall–Kier alpha value is -0.920. The van der Waals surface area contributed by atoms with Gasteiger partial charge in [0.25, 0.3) is 0 Å². The number of nitrogens with one attached hydrogen (secondary N) is 1. The van der Waals surface area contributed by atoms with Gasteiger partial charge in [-0.05, 0) is 61.8 Å². The molecule has 0 spiro atoms. The van der Waals surface area contributed by atoms with E-state index in [1.807, 2.05) is 32.3 Å². The van der Waals surface area contributed by atoms with Crippen LogP contribution in [-0.2, 0) is 16.1 Å². The molecule has 1 aliphatic rings. The van der Waals surface area contributed by atoms with Crippen LogP contribution in [-0.4, -0.2) is 54.3 Å². The first-order valence-electron chi connectivity index (χ1n) is 8.34. The molecule has 1 N–H and O–H groups in total. The van der Waals surface area contributed by atoms with Crippen molar-refractivity contribution in [2.75, 3.05) is 26.7 Å². The highest BCUT2D eigenvalue weighted by molar-refractivity contribution is 9.10. The molecule has 2 amide bonds. The highest BCUT2D eigenvalue weighted by Gasteiger charge is 2.26. The fourth-order valence-electron chi connectivity index (χ4n) is 2.83. The molecule has 0 radical (unpaired) electrons. The summed E-state index contributed by atoms with van der Waals surface area (Å²) in [4.78, 5) is 29.5. The van der Waals surface area contributed by atoms with E-state index in [1.165, 1.54) is 4.88 Å². The maximum absolute atomic E-state index is 12.4. The summed E-state index contributed by atoms with van der Waals surface area (Å²) in [7, 11) is 1.85. The molecule has 134 valence electrons. The number of carbonyl (C=O) groups excluding carboxylic acids is 2. The Morgan fingerprint density at radius 2 is 2.08 bits per heavy atom. The zero-order chi connectivity index (χ0) is 17.7. The summed E-state index contributed by atoms with van der Waals surface area (Å²) in [6, 6.07) is 2.23. The average Bonchev–Trinajstić information content (AvgIpc) is 2.92. The third kappa shape index (κ3) is 5.86. The van der Waals surface area contributed by atoms with Crippen LogP contribution in [0.2, 0.25) is 0 Å². The number of likely N-dealkylation sites (tertiary alicyclic amines) is 1. The van der Waals surface area contributed by atoms with Crippen LogP contribution < -0.4 is 5.32 Å². The van der Waals surface area contributed by atoms with Gasteiger partial charge in [-0.1, -0.05) is 0 Å². The predicted octanol–water partition coefficient (Wildman–Crippen LogP) is 2.71. The Morgan fingerprint density at radius 1 is 1.42 bits per heavy atom. The monoisotopic (exact) mass is 415 g/mol. The minimum Gasteiger partial charge on any atom is -0.354 e. The van der Waals surface area contributed by atoms with Crippen molar-refractivity contribution in [1.82, 2.24) is 15.1 Å². The minimum absolute atomic E-state index is 0.0833. The number of amides is 2. The van der Waals surface area contributed by atoms with Gasteiger partial charge in [0.1, 0.15) is 0 Å². The van der Waals surface area contributed by atoms with Crippen molar-refractivity contribution in [3.63, 3.8) is 0 Å². The largest absolute Gasteiger partial charge is 0.354 e. The van der Waals surface area contributed by atoms with Gasteiger partial charge in [0.15, 0.2) is 0 Å². The third-order valence-corrected chi connectivity index (χ3v) is 5.87. The summed E-state index contributed by atoms with van der Waals surface area (Å²) < 4.78 is 1.06. The van der Waals surface area contributed by atoms with Crippen molar-refractivity contribution < 1.29 is 9.59 Å². The van der Waals surface area contributed by atoms with Crippen LogP contribution in [0.3, 0.4) is 0 Å². The van der Waals surface area contributed by atoms with Crippen LogP contribution in [0, 0.1) is 5.92 Å². The molecule has 7 heteroatoms. The lowest BCUT2D eigenvalue weighted by molar-refractivity contribution is -0.132. The first-order valence-corrected chi connectivity index (χ1v) is 10.0. The van der Waals surface area contributed by atoms with E-state index in [2.05, 4.69) is 26.1 Å². The Morgan fingerprint density at radius 3 is 2.62 bits per heavy atom. The van der Waals surface area contributed by atoms with E-state index in [0.29, 0.717) is 13.1 Å². The highest BCUT2D eigenvalue weighted by Crippen LogP contribution is 2.21. The van der Waals surface area contributed by atoms with Gasteiger partial charge >= 0.3 is 0 Å². The number of hydrogen-bond acceptors (Lipinski definition) is 4. The van der Waals surface area contributed by atoms with E-state index in [1.54, 1.807) is 16.2 Å². The van der Waals surface area contributed by atoms with Crippen molar-refractivity contribution in [1.29, 1.82) is 0 Å². The Labute approximate surface area is 156 Å². The molecule has 5 nitrogen and oxygen atoms in total. The van der Waals surface area contributed by atoms with Crippen LogP contribution in [0.25, 0.3) is 0 Å². The first-order chi connectivity index (χ1) is 11.3. The maximum Gasteiger partial charge on any atom is 0.236 e. The van der Waals surface area contributed by atoms with Crippen LogP contribution in [0.15, 0.2) is 15.9 Å². The van der Waals surface area contributed by atoms with Crippen LogP contribution >= 0.6 is 27.3 Å². The van der Waals surface area contributed by atoms with Gasteiger partial charge < -0.3 is 10.2 Å². The molecule has 0 unspecified atom stereocenters. The molecular formula is C17H26BrN3O2S. The molecule has 1 aromatic rings. The molecule has 0 atom stereocenters. The average molecular weight is 416 g/mol. The molecule has 0 aromatic carbocycles. The van der Waals surface area contributed by atoms with Gasteiger partial charge in [-0.3, -0.25) is 14.5 Å². The minimum atomic E-state index is 0.0833. The number of likely N-dealkylation sites (N-methyl/N-ethyl adjacent to an activating group) is 1. The Bertz CT molecular complexity index is 568. The van der Waals surface area contributed by atoms with E-state index in [9.17, 15) is 9.59 Å². The van der Waals surface area contributed by atoms with E-state index in [-0.39, 0.29) is 23.8 Å². The lowest BCUT2D eigenvalue weighted by Crippen LogP contribution is -2.45. The van der Waals surface area contributed by atoms with Crippen LogP contribution in [0.4, 0.5) is 0 Å². The van der Waals surface area contributed by atoms with E-state index in [0.717, 1.165) is 30.4 Å². The topological polar surface area (TPSA) is 52.7 Å². The van der Waals surface area contributed by atoms with E-state index >= 15 is 0 Å². The van der Waals surface area contributed by atoms with Gasteiger partial charge in [0.2, 0.25) is 11.8 Å². The summed E-state index contributed by atoms with van der Waals surface area (Å²) in [6.07, 6.45) is 1.65. The van der Waals surface area contributed by atoms with Crippen molar-refractivity contribution in [3.8, 4) is 0 Å². The number of nitrogens with zero attached hydrogens (tertiary/aromatic N) is 2. The fraction of sp³-hybridized carbons (Fsp3) is 0.647. The first kappa shape index (κ1) is 19.4. The van der Waals surface area contributed by atoms with Crippen molar-refractivity contribution in [3.05, 3.63) is 20.8 Å². The number of thiophene rings is 1. The molecule has 1 fully saturated rings. The molecule has 24 heavy (non-hydrogen) atoms. The number of carbonyl (C=O) groups is 2. The molecule has 2 heterocycles. The molecule has 0 aliphatic carbocycles. The molecule has 2 rings (SSSR count). The summed E-state index contributed by atoms with van der Waals surface area (Å²) >= 11 is 5.09. The summed E-state index contributed by atoms with van der Waals surface area (Å²) in [6.45, 7) is 6.64. The predicted molar refractivity (Wildman–Crippen MR) is 101 cm³/mol. The Balaban J connectivity index is 1.74. The number of halogens is 1. The van der Waals surface area contributed by atoms with Crippen molar-refractivity contribution >= 4 is 39.1 Å². The second-order valence-electron chi connectivity index (χ2n) is 6.69. The summed E-state index contributed by atoms with van der Waals surface area (Å²) in [5.41, 5.74) is 0. The van der Waals surface area contributed by atoms with Gasteiger partial charge in [-0.25, -0.2) is 0 Å². The van der Waals surface area contributed by atoms with E-state index < -0.39 is 0 Å². The zero-order valence-electron chi connectivity index (χ0n) is 14.5. The van der Waals surface area contributed by atoms with Gasteiger partial charge in [0.05, 0.1) is 13.1 Å². The molecule has 0 saturated carbocycles. The molecule has 1 aliphatic heterocycles. The summed E-state index contributed by atoms with van der Waals surface area (Å²) in [5.74, 6) is 0.362. The van der Waals surface area contributed by atoms with E-state index in [4.69, 9.17) is 0 Å². The molecule has 1 saturated heterocycles.